The zero-order chi connectivity index (χ0) is 20.9. The highest BCUT2D eigenvalue weighted by atomic mass is 35.5. The van der Waals surface area contributed by atoms with Gasteiger partial charge in [-0.2, -0.15) is 0 Å². The molecule has 31 heavy (non-hydrogen) atoms. The maximum absolute atomic E-state index is 10.3. The Morgan fingerprint density at radius 3 is 2.61 bits per heavy atom. The summed E-state index contributed by atoms with van der Waals surface area (Å²) in [5.74, 6) is 4.58. The molecule has 3 saturated carbocycles. The van der Waals surface area contributed by atoms with E-state index in [2.05, 4.69) is 39.1 Å². The molecule has 2 saturated heterocycles. The van der Waals surface area contributed by atoms with E-state index in [0.717, 1.165) is 49.0 Å². The van der Waals surface area contributed by atoms with Gasteiger partial charge in [-0.3, -0.25) is 5.32 Å². The van der Waals surface area contributed by atoms with Crippen molar-refractivity contribution >= 4 is 12.4 Å². The molecule has 1 spiro atoms. The highest BCUT2D eigenvalue weighted by Crippen LogP contribution is 2.70. The summed E-state index contributed by atoms with van der Waals surface area (Å²) >= 11 is 0. The Kier molecular flexibility index (Phi) is 5.46. The van der Waals surface area contributed by atoms with Crippen LogP contribution in [-0.4, -0.2) is 29.6 Å². The summed E-state index contributed by atoms with van der Waals surface area (Å²) in [5, 5.41) is 14.1. The Balaban J connectivity index is 0.00000204. The van der Waals surface area contributed by atoms with Crippen molar-refractivity contribution in [3.63, 3.8) is 0 Å². The molecule has 4 heteroatoms. The first-order chi connectivity index (χ1) is 14.3. The molecular formula is C27H44ClNO2. The first-order valence-electron chi connectivity index (χ1n) is 13.1. The van der Waals surface area contributed by atoms with E-state index in [0.29, 0.717) is 22.9 Å². The van der Waals surface area contributed by atoms with Crippen molar-refractivity contribution in [3.8, 4) is 0 Å². The van der Waals surface area contributed by atoms with Crippen molar-refractivity contribution in [1.29, 1.82) is 0 Å². The van der Waals surface area contributed by atoms with Crippen molar-refractivity contribution in [1.82, 2.24) is 5.32 Å². The number of aliphatic hydroxyl groups excluding tert-OH is 1. The monoisotopic (exact) mass is 449 g/mol. The van der Waals surface area contributed by atoms with Crippen LogP contribution in [0.1, 0.15) is 85.5 Å². The van der Waals surface area contributed by atoms with E-state index in [-0.39, 0.29) is 24.2 Å². The maximum Gasteiger partial charge on any atom is 0.122 e. The highest BCUT2D eigenvalue weighted by molar-refractivity contribution is 5.85. The largest absolute Gasteiger partial charge is 0.393 e. The number of hydrogen-bond acceptors (Lipinski definition) is 3. The summed E-state index contributed by atoms with van der Waals surface area (Å²) < 4.78 is 7.00. The van der Waals surface area contributed by atoms with Crippen LogP contribution in [0.5, 0.6) is 0 Å². The normalized spacial score (nSPS) is 57.9. The summed E-state index contributed by atoms with van der Waals surface area (Å²) in [6.45, 7) is 11.2. The van der Waals surface area contributed by atoms with Gasteiger partial charge in [0.05, 0.1) is 12.2 Å². The number of ether oxygens (including phenoxy) is 1. The summed E-state index contributed by atoms with van der Waals surface area (Å²) in [6, 6.07) is 0. The van der Waals surface area contributed by atoms with Crippen LogP contribution < -0.4 is 5.32 Å². The number of allylic oxidation sites excluding steroid dienone is 1. The van der Waals surface area contributed by atoms with Gasteiger partial charge in [0.25, 0.3) is 0 Å². The molecule has 0 aromatic rings. The molecule has 6 rings (SSSR count). The third-order valence-corrected chi connectivity index (χ3v) is 11.6. The van der Waals surface area contributed by atoms with E-state index < -0.39 is 0 Å². The zero-order valence-electron chi connectivity index (χ0n) is 20.0. The van der Waals surface area contributed by atoms with Crippen molar-refractivity contribution in [2.75, 3.05) is 6.54 Å². The van der Waals surface area contributed by atoms with E-state index in [1.54, 1.807) is 5.57 Å². The molecule has 2 aliphatic heterocycles. The average Bonchev–Trinajstić information content (AvgIpc) is 3.16. The van der Waals surface area contributed by atoms with E-state index in [1.165, 1.54) is 44.9 Å². The van der Waals surface area contributed by atoms with Crippen molar-refractivity contribution < 1.29 is 9.84 Å². The molecule has 11 atom stereocenters. The number of aliphatic hydroxyl groups is 1. The third-order valence-electron chi connectivity index (χ3n) is 11.6. The van der Waals surface area contributed by atoms with Gasteiger partial charge >= 0.3 is 0 Å². The van der Waals surface area contributed by atoms with Gasteiger partial charge in [-0.15, -0.1) is 12.4 Å². The zero-order valence-corrected chi connectivity index (χ0v) is 20.8. The van der Waals surface area contributed by atoms with Gasteiger partial charge in [0.2, 0.25) is 0 Å². The van der Waals surface area contributed by atoms with Gasteiger partial charge in [-0.05, 0) is 98.2 Å². The molecule has 5 fully saturated rings. The number of rotatable bonds is 0. The second-order valence-corrected chi connectivity index (χ2v) is 12.8. The number of hydrogen-bond donors (Lipinski definition) is 2. The molecule has 0 aromatic heterocycles. The molecule has 3 nitrogen and oxygen atoms in total. The maximum atomic E-state index is 10.3. The lowest BCUT2D eigenvalue weighted by atomic mass is 9.47. The predicted octanol–water partition coefficient (Wildman–Crippen LogP) is 5.71. The molecule has 0 aromatic carbocycles. The van der Waals surface area contributed by atoms with Crippen molar-refractivity contribution in [3.05, 3.63) is 11.6 Å². The number of fused-ring (bicyclic) bond motifs is 7. The van der Waals surface area contributed by atoms with Crippen molar-refractivity contribution in [2.24, 2.45) is 46.3 Å². The lowest BCUT2D eigenvalue weighted by molar-refractivity contribution is -0.115. The summed E-state index contributed by atoms with van der Waals surface area (Å²) in [4.78, 5) is 0. The fourth-order valence-electron chi connectivity index (χ4n) is 9.84. The Morgan fingerprint density at radius 2 is 1.87 bits per heavy atom. The predicted molar refractivity (Wildman–Crippen MR) is 127 cm³/mol. The minimum Gasteiger partial charge on any atom is -0.393 e. The molecule has 4 aliphatic carbocycles. The quantitative estimate of drug-likeness (QED) is 0.465. The molecule has 6 aliphatic rings. The second kappa shape index (κ2) is 7.45. The molecule has 0 bridgehead atoms. The fraction of sp³-hybridized carbons (Fsp3) is 0.926. The number of halogens is 1. The standard InChI is InChI=1S/C27H43NO2.ClH/c1-16-7-12-27(28-15-16)17(2)24-23(30-27)14-22-20-6-5-18-13-19(29)8-10-25(18,3)21(20)9-11-26(22,24)4;/h5,16-17,19-24,28-29H,6-15H2,1-4H3;1H/t16-,17+,19+,20-,21+,22+,23+,24-,25+,26+,27-;/m1./s1. The highest BCUT2D eigenvalue weighted by Gasteiger charge is 2.68. The van der Waals surface area contributed by atoms with Gasteiger partial charge in [0, 0.05) is 12.5 Å². The summed E-state index contributed by atoms with van der Waals surface area (Å²) in [7, 11) is 0. The van der Waals surface area contributed by atoms with Gasteiger partial charge in [0.15, 0.2) is 0 Å². The van der Waals surface area contributed by atoms with Gasteiger partial charge < -0.3 is 9.84 Å². The third kappa shape index (κ3) is 3.01. The smallest absolute Gasteiger partial charge is 0.122 e. The lowest BCUT2D eigenvalue weighted by Gasteiger charge is -2.58. The lowest BCUT2D eigenvalue weighted by Crippen LogP contribution is -2.57. The minimum atomic E-state index is -0.100. The van der Waals surface area contributed by atoms with Crippen LogP contribution in [-0.2, 0) is 4.74 Å². The van der Waals surface area contributed by atoms with Crippen LogP contribution in [0, 0.1) is 46.3 Å². The number of piperidine rings is 1. The Bertz CT molecular complexity index is 746. The van der Waals surface area contributed by atoms with Gasteiger partial charge in [-0.25, -0.2) is 0 Å². The Hall–Kier alpha value is -0.0900. The van der Waals surface area contributed by atoms with Gasteiger partial charge in [0.1, 0.15) is 5.72 Å². The van der Waals surface area contributed by atoms with Crippen LogP contribution in [0.15, 0.2) is 11.6 Å². The molecule has 176 valence electrons. The van der Waals surface area contributed by atoms with E-state index >= 15 is 0 Å². The minimum absolute atomic E-state index is 0. The van der Waals surface area contributed by atoms with E-state index in [9.17, 15) is 5.11 Å². The molecule has 0 radical (unpaired) electrons. The molecule has 2 N–H and O–H groups in total. The van der Waals surface area contributed by atoms with Crippen LogP contribution in [0.4, 0.5) is 0 Å². The summed E-state index contributed by atoms with van der Waals surface area (Å²) in [6.07, 6.45) is 13.8. The molecule has 2 heterocycles. The Morgan fingerprint density at radius 1 is 1.06 bits per heavy atom. The van der Waals surface area contributed by atoms with E-state index in [4.69, 9.17) is 4.74 Å². The topological polar surface area (TPSA) is 41.5 Å². The van der Waals surface area contributed by atoms with Gasteiger partial charge in [-0.1, -0.05) is 39.3 Å². The van der Waals surface area contributed by atoms with Crippen LogP contribution >= 0.6 is 12.4 Å². The summed E-state index contributed by atoms with van der Waals surface area (Å²) in [5.41, 5.74) is 2.33. The molecular weight excluding hydrogens is 406 g/mol. The SMILES string of the molecule is C[C@@H]1CC[C@@]2(NC1)O[C@H]1C[C@H]3[C@@H]4CC=C5C[C@@H](O)CC[C@]5(C)[C@H]4CC[C@]3(C)[C@@H]1[C@@H]2C.Cl. The second-order valence-electron chi connectivity index (χ2n) is 12.8. The first kappa shape index (κ1) is 22.7. The molecule has 0 unspecified atom stereocenters. The Labute approximate surface area is 195 Å². The van der Waals surface area contributed by atoms with Crippen LogP contribution in [0.25, 0.3) is 0 Å². The average molecular weight is 450 g/mol. The van der Waals surface area contributed by atoms with E-state index in [1.807, 2.05) is 0 Å². The van der Waals surface area contributed by atoms with Crippen LogP contribution in [0.2, 0.25) is 0 Å². The fourth-order valence-corrected chi connectivity index (χ4v) is 9.84. The van der Waals surface area contributed by atoms with Crippen LogP contribution in [0.3, 0.4) is 0 Å². The number of nitrogens with one attached hydrogen (secondary N) is 1. The van der Waals surface area contributed by atoms with Crippen molar-refractivity contribution in [2.45, 2.75) is 103 Å². The first-order valence-corrected chi connectivity index (χ1v) is 13.1. The molecule has 0 amide bonds.